The number of carbonyl (C=O) groups excluding carboxylic acids is 2. The summed E-state index contributed by atoms with van der Waals surface area (Å²) in [6.45, 7) is 4.59. The molecule has 30 heavy (non-hydrogen) atoms. The van der Waals surface area contributed by atoms with Crippen LogP contribution in [0, 0.1) is 29.4 Å². The van der Waals surface area contributed by atoms with Gasteiger partial charge in [-0.25, -0.2) is 13.6 Å². The monoisotopic (exact) mass is 422 g/mol. The van der Waals surface area contributed by atoms with E-state index in [9.17, 15) is 18.4 Å². The van der Waals surface area contributed by atoms with Crippen LogP contribution < -0.4 is 15.1 Å². The number of nitrogens with one attached hydrogen (secondary N) is 1. The Labute approximate surface area is 172 Å². The molecule has 0 spiro atoms. The predicted molar refractivity (Wildman–Crippen MR) is 105 cm³/mol. The third-order valence-corrected chi connectivity index (χ3v) is 5.99. The van der Waals surface area contributed by atoms with Gasteiger partial charge in [-0.1, -0.05) is 5.16 Å². The van der Waals surface area contributed by atoms with Crippen LogP contribution in [0.4, 0.5) is 25.0 Å². The number of oxime groups is 1. The number of amides is 2. The van der Waals surface area contributed by atoms with Gasteiger partial charge in [0, 0.05) is 38.1 Å². The van der Waals surface area contributed by atoms with Gasteiger partial charge in [0.25, 0.3) is 0 Å². The fraction of sp³-hybridized carbons (Fsp3) is 0.550. The summed E-state index contributed by atoms with van der Waals surface area (Å²) in [4.78, 5) is 30.8. The molecule has 2 amide bonds. The van der Waals surface area contributed by atoms with E-state index >= 15 is 0 Å². The van der Waals surface area contributed by atoms with E-state index in [4.69, 9.17) is 9.57 Å². The van der Waals surface area contributed by atoms with E-state index in [1.54, 1.807) is 4.90 Å². The first-order chi connectivity index (χ1) is 14.3. The molecular formula is C20H24F2N4O4. The fourth-order valence-corrected chi connectivity index (χ4v) is 4.64. The number of rotatable bonds is 6. The molecule has 2 saturated heterocycles. The molecule has 1 aromatic carbocycles. The first-order valence-electron chi connectivity index (χ1n) is 9.84. The molecule has 2 aliphatic heterocycles. The van der Waals surface area contributed by atoms with Gasteiger partial charge in [-0.05, 0) is 18.8 Å². The van der Waals surface area contributed by atoms with Crippen LogP contribution >= 0.6 is 0 Å². The molecule has 3 fully saturated rings. The van der Waals surface area contributed by atoms with Crippen LogP contribution in [-0.4, -0.2) is 57.1 Å². The van der Waals surface area contributed by atoms with Crippen LogP contribution in [0.5, 0.6) is 0 Å². The maximum atomic E-state index is 14.9. The van der Waals surface area contributed by atoms with Crippen molar-refractivity contribution >= 4 is 29.1 Å². The number of cyclic esters (lactones) is 1. The zero-order valence-corrected chi connectivity index (χ0v) is 17.0. The van der Waals surface area contributed by atoms with Crippen molar-refractivity contribution in [3.05, 3.63) is 23.8 Å². The highest BCUT2D eigenvalue weighted by Crippen LogP contribution is 2.53. The number of carbonyl (C=O) groups is 2. The van der Waals surface area contributed by atoms with Gasteiger partial charge in [-0.3, -0.25) is 9.69 Å². The lowest BCUT2D eigenvalue weighted by Gasteiger charge is -2.24. The highest BCUT2D eigenvalue weighted by atomic mass is 19.1. The number of anilines is 2. The zero-order chi connectivity index (χ0) is 21.6. The lowest BCUT2D eigenvalue weighted by Crippen LogP contribution is -2.33. The minimum atomic E-state index is -0.719. The molecule has 0 bridgehead atoms. The lowest BCUT2D eigenvalue weighted by atomic mass is 10.1. The van der Waals surface area contributed by atoms with E-state index in [-0.39, 0.29) is 30.4 Å². The van der Waals surface area contributed by atoms with Crippen molar-refractivity contribution in [1.29, 1.82) is 0 Å². The summed E-state index contributed by atoms with van der Waals surface area (Å²) in [6, 6.07) is 2.30. The summed E-state index contributed by atoms with van der Waals surface area (Å²) < 4.78 is 34.9. The smallest absolute Gasteiger partial charge is 0.414 e. The molecule has 0 radical (unpaired) electrons. The maximum absolute atomic E-state index is 14.9. The quantitative estimate of drug-likeness (QED) is 0.561. The Hall–Kier alpha value is -2.91. The average Bonchev–Trinajstić information content (AvgIpc) is 2.98. The molecule has 162 valence electrons. The van der Waals surface area contributed by atoms with Crippen molar-refractivity contribution in [3.8, 4) is 0 Å². The molecule has 1 aliphatic carbocycles. The maximum Gasteiger partial charge on any atom is 0.414 e. The number of fused-ring (bicyclic) bond motifs is 1. The summed E-state index contributed by atoms with van der Waals surface area (Å²) in [6.07, 6.45) is -1.28. The van der Waals surface area contributed by atoms with Crippen LogP contribution in [0.15, 0.2) is 17.3 Å². The molecule has 2 heterocycles. The zero-order valence-electron chi connectivity index (χ0n) is 17.0. The van der Waals surface area contributed by atoms with Crippen LogP contribution in [0.25, 0.3) is 0 Å². The van der Waals surface area contributed by atoms with Gasteiger partial charge in [0.2, 0.25) is 5.91 Å². The number of nitrogens with zero attached hydrogens (tertiary/aromatic N) is 3. The number of hydrogen-bond acceptors (Lipinski definition) is 6. The van der Waals surface area contributed by atoms with Crippen molar-refractivity contribution in [3.63, 3.8) is 0 Å². The van der Waals surface area contributed by atoms with Crippen LogP contribution in [-0.2, 0) is 14.4 Å². The second kappa shape index (κ2) is 7.73. The highest BCUT2D eigenvalue weighted by Gasteiger charge is 2.57. The lowest BCUT2D eigenvalue weighted by molar-refractivity contribution is -0.119. The standard InChI is InChI=1S/C20H24F2N4O4/c1-10(24-29-3)18-14-8-25(9-15(14)18)19-16(21)4-12(5-17(19)22)26-7-13(30-20(26)28)6-23-11(2)27/h4-5,13-15,18H,6-9H2,1-3H3,(H,23,27)/b24-10+/t13-,14-,15+,18?/m0/s1. The molecule has 1 unspecified atom stereocenters. The summed E-state index contributed by atoms with van der Waals surface area (Å²) in [5.74, 6) is -0.769. The van der Waals surface area contributed by atoms with Crippen LogP contribution in [0.2, 0.25) is 0 Å². The Bertz CT molecular complexity index is 874. The summed E-state index contributed by atoms with van der Waals surface area (Å²) in [5.41, 5.74) is 0.924. The Morgan fingerprint density at radius 3 is 2.43 bits per heavy atom. The SMILES string of the molecule is CO/N=C(\C)C1[C@H]2CN(c3c(F)cc(N4C[C@H](CNC(C)=O)OC4=O)cc3F)C[C@@H]12. The second-order valence-corrected chi connectivity index (χ2v) is 7.99. The van der Waals surface area contributed by atoms with Gasteiger partial charge >= 0.3 is 6.09 Å². The molecular weight excluding hydrogens is 398 g/mol. The number of ether oxygens (including phenoxy) is 1. The van der Waals surface area contributed by atoms with Crippen LogP contribution in [0.3, 0.4) is 0 Å². The Kier molecular flexibility index (Phi) is 5.25. The van der Waals surface area contributed by atoms with Crippen molar-refractivity contribution in [2.45, 2.75) is 20.0 Å². The van der Waals surface area contributed by atoms with Gasteiger partial charge in [-0.2, -0.15) is 0 Å². The number of halogens is 2. The van der Waals surface area contributed by atoms with Crippen LogP contribution in [0.1, 0.15) is 13.8 Å². The van der Waals surface area contributed by atoms with E-state index in [0.717, 1.165) is 17.8 Å². The number of benzene rings is 1. The van der Waals surface area contributed by atoms with Crippen molar-refractivity contribution < 1.29 is 27.9 Å². The number of piperidine rings is 1. The Morgan fingerprint density at radius 2 is 1.87 bits per heavy atom. The van der Waals surface area contributed by atoms with Crippen molar-refractivity contribution in [1.82, 2.24) is 5.32 Å². The largest absolute Gasteiger partial charge is 0.442 e. The molecule has 1 N–H and O–H groups in total. The first-order valence-corrected chi connectivity index (χ1v) is 9.84. The van der Waals surface area contributed by atoms with Gasteiger partial charge < -0.3 is 19.8 Å². The average molecular weight is 422 g/mol. The molecule has 3 aliphatic rings. The van der Waals surface area contributed by atoms with Crippen molar-refractivity contribution in [2.24, 2.45) is 22.9 Å². The fourth-order valence-electron chi connectivity index (χ4n) is 4.64. The van der Waals surface area contributed by atoms with E-state index in [1.165, 1.54) is 18.9 Å². The first kappa shape index (κ1) is 20.4. The summed E-state index contributed by atoms with van der Waals surface area (Å²) in [7, 11) is 1.50. The molecule has 1 saturated carbocycles. The topological polar surface area (TPSA) is 83.5 Å². The van der Waals surface area contributed by atoms with E-state index in [2.05, 4.69) is 10.5 Å². The summed E-state index contributed by atoms with van der Waals surface area (Å²) >= 11 is 0. The van der Waals surface area contributed by atoms with Crippen molar-refractivity contribution in [2.75, 3.05) is 43.1 Å². The third-order valence-electron chi connectivity index (χ3n) is 5.99. The minimum Gasteiger partial charge on any atom is -0.442 e. The highest BCUT2D eigenvalue weighted by molar-refractivity contribution is 5.90. The minimum absolute atomic E-state index is 0.0756. The predicted octanol–water partition coefficient (Wildman–Crippen LogP) is 2.13. The number of hydrogen-bond donors (Lipinski definition) is 1. The molecule has 1 aromatic rings. The molecule has 8 nitrogen and oxygen atoms in total. The van der Waals surface area contributed by atoms with E-state index in [0.29, 0.717) is 30.8 Å². The molecule has 4 rings (SSSR count). The van der Waals surface area contributed by atoms with Gasteiger partial charge in [0.1, 0.15) is 18.9 Å². The molecule has 10 heteroatoms. The van der Waals surface area contributed by atoms with E-state index < -0.39 is 23.8 Å². The normalized spacial score (nSPS) is 27.8. The third kappa shape index (κ3) is 3.66. The van der Waals surface area contributed by atoms with Gasteiger partial charge in [0.05, 0.1) is 24.5 Å². The van der Waals surface area contributed by atoms with Gasteiger partial charge in [-0.15, -0.1) is 0 Å². The summed E-state index contributed by atoms with van der Waals surface area (Å²) in [5, 5.41) is 6.53. The van der Waals surface area contributed by atoms with Gasteiger partial charge in [0.15, 0.2) is 11.6 Å². The molecule has 4 atom stereocenters. The Balaban J connectivity index is 1.45. The van der Waals surface area contributed by atoms with E-state index in [1.807, 2.05) is 6.92 Å². The molecule has 0 aromatic heterocycles. The Morgan fingerprint density at radius 1 is 1.23 bits per heavy atom. The second-order valence-electron chi connectivity index (χ2n) is 7.99.